The first-order valence-electron chi connectivity index (χ1n) is 8.67. The van der Waals surface area contributed by atoms with Gasteiger partial charge in [0.2, 0.25) is 0 Å². The molecule has 2 heterocycles. The van der Waals surface area contributed by atoms with E-state index in [0.29, 0.717) is 0 Å². The molecule has 2 aliphatic heterocycles. The van der Waals surface area contributed by atoms with E-state index in [1.165, 1.54) is 0 Å². The summed E-state index contributed by atoms with van der Waals surface area (Å²) in [7, 11) is 0. The largest absolute Gasteiger partial charge is 0.394 e. The van der Waals surface area contributed by atoms with E-state index in [4.69, 9.17) is 14.6 Å². The van der Waals surface area contributed by atoms with Crippen LogP contribution in [0.25, 0.3) is 0 Å². The first kappa shape index (κ1) is 23.8. The lowest BCUT2D eigenvalue weighted by molar-refractivity contribution is -0.325. The van der Waals surface area contributed by atoms with Gasteiger partial charge in [-0.2, -0.15) is 0 Å². The number of hydrogen-bond donors (Lipinski definition) is 11. The van der Waals surface area contributed by atoms with Crippen LogP contribution in [0.4, 0.5) is 0 Å². The van der Waals surface area contributed by atoms with Crippen molar-refractivity contribution in [2.75, 3.05) is 19.8 Å². The SMILES string of the molecule is OCC(O)C(O)C(O)C(O)(C1OC[C@@H](O)[C@H](O)[C@H]1O)C1OC[C@@H](O)[C@H](O)[C@H]1O. The van der Waals surface area contributed by atoms with Gasteiger partial charge < -0.3 is 65.6 Å². The van der Waals surface area contributed by atoms with Gasteiger partial charge in [-0.1, -0.05) is 0 Å². The summed E-state index contributed by atoms with van der Waals surface area (Å²) >= 11 is 0. The number of aliphatic hydroxyl groups is 11. The van der Waals surface area contributed by atoms with E-state index < -0.39 is 92.6 Å². The summed E-state index contributed by atoms with van der Waals surface area (Å²) in [6.45, 7) is -2.27. The van der Waals surface area contributed by atoms with Gasteiger partial charge in [0.15, 0.2) is 5.60 Å². The minimum atomic E-state index is -2.98. The Hall–Kier alpha value is -0.520. The van der Waals surface area contributed by atoms with E-state index in [0.717, 1.165) is 0 Å². The topological polar surface area (TPSA) is 241 Å². The number of rotatable bonds is 6. The molecular formula is C15H28O13. The average molecular weight is 416 g/mol. The first-order valence-corrected chi connectivity index (χ1v) is 8.67. The quantitative estimate of drug-likeness (QED) is 0.193. The van der Waals surface area contributed by atoms with Gasteiger partial charge in [-0.15, -0.1) is 0 Å². The second-order valence-electron chi connectivity index (χ2n) is 7.18. The van der Waals surface area contributed by atoms with Gasteiger partial charge in [-0.05, 0) is 0 Å². The van der Waals surface area contributed by atoms with Crippen molar-refractivity contribution in [3.05, 3.63) is 0 Å². The molecule has 28 heavy (non-hydrogen) atoms. The van der Waals surface area contributed by atoms with E-state index >= 15 is 0 Å². The predicted molar refractivity (Wildman–Crippen MR) is 85.6 cm³/mol. The Bertz CT molecular complexity index is 476. The standard InChI is InChI=1S/C15H28O13/c16-1-4(17)9(22)12(25)15(26,13-10(23)7(20)5(18)2-27-13)14-11(24)8(21)6(19)3-28-14/h4-14,16-26H,1-3H2/t4?,5-,6-,7+,8+,9?,10-,11-,12?,13?,14?,15?/m1/s1. The van der Waals surface area contributed by atoms with Crippen LogP contribution in [0.3, 0.4) is 0 Å². The molecule has 0 aromatic rings. The monoisotopic (exact) mass is 416 g/mol. The molecule has 0 spiro atoms. The molecule has 0 radical (unpaired) electrons. The van der Waals surface area contributed by atoms with Gasteiger partial charge in [0.05, 0.1) is 19.8 Å². The Balaban J connectivity index is 2.46. The van der Waals surface area contributed by atoms with Crippen molar-refractivity contribution >= 4 is 0 Å². The number of aliphatic hydroxyl groups excluding tert-OH is 10. The third-order valence-corrected chi connectivity index (χ3v) is 5.29. The van der Waals surface area contributed by atoms with Crippen LogP contribution in [0, 0.1) is 0 Å². The van der Waals surface area contributed by atoms with E-state index in [2.05, 4.69) is 0 Å². The highest BCUT2D eigenvalue weighted by Gasteiger charge is 2.63. The summed E-state index contributed by atoms with van der Waals surface area (Å²) in [4.78, 5) is 0. The Labute approximate surface area is 159 Å². The Morgan fingerprint density at radius 2 is 1.14 bits per heavy atom. The van der Waals surface area contributed by atoms with E-state index in [9.17, 15) is 51.1 Å². The van der Waals surface area contributed by atoms with Gasteiger partial charge in [-0.3, -0.25) is 0 Å². The van der Waals surface area contributed by atoms with Crippen LogP contribution in [0.1, 0.15) is 0 Å². The summed E-state index contributed by atoms with van der Waals surface area (Å²) in [6, 6.07) is 0. The maximum Gasteiger partial charge on any atom is 0.150 e. The molecule has 13 nitrogen and oxygen atoms in total. The third-order valence-electron chi connectivity index (χ3n) is 5.29. The molecule has 166 valence electrons. The van der Waals surface area contributed by atoms with Crippen molar-refractivity contribution in [2.24, 2.45) is 0 Å². The molecular weight excluding hydrogens is 388 g/mol. The Morgan fingerprint density at radius 3 is 1.50 bits per heavy atom. The molecule has 0 aliphatic carbocycles. The van der Waals surface area contributed by atoms with Gasteiger partial charge in [0.25, 0.3) is 0 Å². The highest BCUT2D eigenvalue weighted by Crippen LogP contribution is 2.37. The third kappa shape index (κ3) is 4.04. The minimum absolute atomic E-state index is 0.620. The zero-order valence-corrected chi connectivity index (χ0v) is 14.7. The van der Waals surface area contributed by atoms with Crippen molar-refractivity contribution in [3.8, 4) is 0 Å². The summed E-state index contributed by atoms with van der Waals surface area (Å²) in [6.07, 6.45) is -21.5. The molecule has 2 rings (SSSR count). The van der Waals surface area contributed by atoms with Crippen molar-refractivity contribution in [1.82, 2.24) is 0 Å². The van der Waals surface area contributed by atoms with Crippen LogP contribution in [0.5, 0.6) is 0 Å². The minimum Gasteiger partial charge on any atom is -0.394 e. The van der Waals surface area contributed by atoms with Gasteiger partial charge >= 0.3 is 0 Å². The molecule has 0 amide bonds. The first-order chi connectivity index (χ1) is 13.0. The van der Waals surface area contributed by atoms with Crippen LogP contribution in [-0.2, 0) is 9.47 Å². The van der Waals surface area contributed by atoms with Gasteiger partial charge in [-0.25, -0.2) is 0 Å². The molecule has 0 aromatic heterocycles. The maximum atomic E-state index is 11.2. The lowest BCUT2D eigenvalue weighted by atomic mass is 9.73. The van der Waals surface area contributed by atoms with Crippen molar-refractivity contribution in [3.63, 3.8) is 0 Å². The van der Waals surface area contributed by atoms with Gasteiger partial charge in [0.1, 0.15) is 67.1 Å². The molecule has 13 heteroatoms. The zero-order chi connectivity index (χ0) is 21.4. The summed E-state index contributed by atoms with van der Waals surface area (Å²) in [5, 5.41) is 110. The lowest BCUT2D eigenvalue weighted by Gasteiger charge is -2.52. The van der Waals surface area contributed by atoms with Crippen molar-refractivity contribution in [2.45, 2.75) is 72.7 Å². The molecule has 2 saturated heterocycles. The smallest absolute Gasteiger partial charge is 0.150 e. The molecule has 2 fully saturated rings. The second-order valence-corrected chi connectivity index (χ2v) is 7.18. The molecule has 5 unspecified atom stereocenters. The summed E-state index contributed by atoms with van der Waals surface area (Å²) in [5.74, 6) is 0. The molecule has 0 saturated carbocycles. The van der Waals surface area contributed by atoms with E-state index in [1.807, 2.05) is 0 Å². The van der Waals surface area contributed by atoms with Crippen LogP contribution >= 0.6 is 0 Å². The lowest BCUT2D eigenvalue weighted by Crippen LogP contribution is -2.76. The predicted octanol–water partition coefficient (Wildman–Crippen LogP) is -7.24. The van der Waals surface area contributed by atoms with Gasteiger partial charge in [0, 0.05) is 0 Å². The molecule has 2 aliphatic rings. The van der Waals surface area contributed by atoms with E-state index in [-0.39, 0.29) is 0 Å². The number of hydrogen-bond acceptors (Lipinski definition) is 13. The van der Waals surface area contributed by atoms with E-state index in [1.54, 1.807) is 0 Å². The second kappa shape index (κ2) is 9.09. The normalized spacial score (nSPS) is 45.1. The molecule has 11 N–H and O–H groups in total. The summed E-state index contributed by atoms with van der Waals surface area (Å²) in [5.41, 5.74) is -2.98. The molecule has 0 aromatic carbocycles. The van der Waals surface area contributed by atoms with Crippen LogP contribution in [0.2, 0.25) is 0 Å². The fraction of sp³-hybridized carbons (Fsp3) is 1.00. The summed E-state index contributed by atoms with van der Waals surface area (Å²) < 4.78 is 10.3. The fourth-order valence-electron chi connectivity index (χ4n) is 3.52. The van der Waals surface area contributed by atoms with Crippen molar-refractivity contribution in [1.29, 1.82) is 0 Å². The zero-order valence-electron chi connectivity index (χ0n) is 14.7. The Morgan fingerprint density at radius 1 is 0.750 bits per heavy atom. The Kier molecular flexibility index (Phi) is 7.72. The highest BCUT2D eigenvalue weighted by molar-refractivity contribution is 5.12. The maximum absolute atomic E-state index is 11.2. The highest BCUT2D eigenvalue weighted by atomic mass is 16.6. The van der Waals surface area contributed by atoms with Crippen molar-refractivity contribution < 1.29 is 65.6 Å². The molecule has 11 atom stereocenters. The average Bonchev–Trinajstić information content (AvgIpc) is 2.68. The van der Waals surface area contributed by atoms with Crippen LogP contribution < -0.4 is 0 Å². The fourth-order valence-corrected chi connectivity index (χ4v) is 3.52. The van der Waals surface area contributed by atoms with Crippen LogP contribution in [-0.4, -0.2) is 149 Å². The van der Waals surface area contributed by atoms with Crippen LogP contribution in [0.15, 0.2) is 0 Å². The molecule has 0 bridgehead atoms. The number of ether oxygens (including phenoxy) is 2.